The van der Waals surface area contributed by atoms with Crippen LogP contribution in [0.1, 0.15) is 66.6 Å². The van der Waals surface area contributed by atoms with Gasteiger partial charge in [0.25, 0.3) is 0 Å². The van der Waals surface area contributed by atoms with Gasteiger partial charge in [-0.05, 0) is 82.8 Å². The Hall–Kier alpha value is -3.22. The third-order valence-electron chi connectivity index (χ3n) is 9.54. The van der Waals surface area contributed by atoms with E-state index >= 15 is 0 Å². The summed E-state index contributed by atoms with van der Waals surface area (Å²) < 4.78 is 44.2. The zero-order valence-electron chi connectivity index (χ0n) is 23.9. The fraction of sp³-hybridized carbons (Fsp3) is 0.567. The number of likely N-dealkylation sites (N-methyl/N-ethyl adjacent to an activating group) is 1. The zero-order chi connectivity index (χ0) is 31.0. The summed E-state index contributed by atoms with van der Waals surface area (Å²) in [6.45, 7) is 3.52. The van der Waals surface area contributed by atoms with Gasteiger partial charge in [0, 0.05) is 24.1 Å². The van der Waals surface area contributed by atoms with Gasteiger partial charge in [-0.2, -0.15) is 13.2 Å². The molecule has 3 aliphatic carbocycles. The molecule has 1 heterocycles. The number of benzene rings is 1. The predicted octanol–water partition coefficient (Wildman–Crippen LogP) is 3.62. The molecule has 228 valence electrons. The van der Waals surface area contributed by atoms with Crippen LogP contribution in [0.25, 0.3) is 0 Å². The third kappa shape index (κ3) is 4.29. The minimum absolute atomic E-state index is 0.0624. The first-order chi connectivity index (χ1) is 19.5. The minimum atomic E-state index is -4.86. The van der Waals surface area contributed by atoms with Crippen molar-refractivity contribution in [2.45, 2.75) is 76.4 Å². The molecule has 5 rings (SSSR count). The van der Waals surface area contributed by atoms with Gasteiger partial charge in [-0.25, -0.2) is 0 Å². The smallest absolute Gasteiger partial charge is 0.417 e. The molecule has 1 fully saturated rings. The number of hydrogen-bond acceptors (Lipinski definition) is 9. The van der Waals surface area contributed by atoms with Crippen molar-refractivity contribution in [2.75, 3.05) is 20.6 Å². The summed E-state index contributed by atoms with van der Waals surface area (Å²) in [5, 5.41) is 45.0. The number of halogens is 3. The lowest BCUT2D eigenvalue weighted by atomic mass is 9.58. The Morgan fingerprint density at radius 3 is 2.43 bits per heavy atom. The highest BCUT2D eigenvalue weighted by atomic mass is 19.4. The number of aliphatic hydroxyl groups is 3. The number of aromatic hydroxyl groups is 1. The molecular weight excluding hydrogens is 557 g/mol. The van der Waals surface area contributed by atoms with Crippen LogP contribution in [-0.4, -0.2) is 85.9 Å². The van der Waals surface area contributed by atoms with Crippen LogP contribution >= 0.6 is 0 Å². The van der Waals surface area contributed by atoms with Crippen LogP contribution in [0.2, 0.25) is 0 Å². The molecule has 1 unspecified atom stereocenters. The van der Waals surface area contributed by atoms with E-state index in [4.69, 9.17) is 0 Å². The average Bonchev–Trinajstić information content (AvgIpc) is 3.31. The Bertz CT molecular complexity index is 1450. The van der Waals surface area contributed by atoms with Crippen molar-refractivity contribution < 1.29 is 48.0 Å². The highest BCUT2D eigenvalue weighted by Gasteiger charge is 2.63. The molecule has 1 saturated heterocycles. The summed E-state index contributed by atoms with van der Waals surface area (Å²) >= 11 is 0. The maximum absolute atomic E-state index is 14.7. The molecule has 0 spiro atoms. The van der Waals surface area contributed by atoms with E-state index in [0.29, 0.717) is 6.54 Å². The normalized spacial score (nSPS) is 30.1. The van der Waals surface area contributed by atoms with Crippen molar-refractivity contribution in [1.82, 2.24) is 9.80 Å². The van der Waals surface area contributed by atoms with Crippen molar-refractivity contribution in [3.8, 4) is 5.75 Å². The first kappa shape index (κ1) is 30.2. The number of Topliss-reactive ketones (excluding diaryl/α,β-unsaturated/α-hetero) is 3. The second-order valence-electron chi connectivity index (χ2n) is 12.1. The second-order valence-corrected chi connectivity index (χ2v) is 12.1. The van der Waals surface area contributed by atoms with Crippen LogP contribution in [0, 0.1) is 11.8 Å². The summed E-state index contributed by atoms with van der Waals surface area (Å²) in [6, 6.07) is -0.110. The van der Waals surface area contributed by atoms with Crippen LogP contribution in [0.5, 0.6) is 5.75 Å². The fourth-order valence-electron chi connectivity index (χ4n) is 7.75. The van der Waals surface area contributed by atoms with E-state index in [0.717, 1.165) is 32.3 Å². The maximum Gasteiger partial charge on any atom is 0.417 e. The average molecular weight is 593 g/mol. The monoisotopic (exact) mass is 592 g/mol. The first-order valence-corrected chi connectivity index (χ1v) is 14.1. The van der Waals surface area contributed by atoms with Gasteiger partial charge in [-0.15, -0.1) is 0 Å². The fourth-order valence-corrected chi connectivity index (χ4v) is 7.75. The minimum Gasteiger partial charge on any atom is -0.510 e. The predicted molar refractivity (Wildman–Crippen MR) is 144 cm³/mol. The van der Waals surface area contributed by atoms with Crippen molar-refractivity contribution in [3.63, 3.8) is 0 Å². The number of aliphatic hydroxyl groups excluding tert-OH is 2. The number of phenolic OH excluding ortho intramolecular Hbond substituents is 1. The van der Waals surface area contributed by atoms with Crippen molar-refractivity contribution in [1.29, 1.82) is 0 Å². The topological polar surface area (TPSA) is 139 Å². The number of allylic oxidation sites excluding steroid dienone is 1. The van der Waals surface area contributed by atoms with Crippen molar-refractivity contribution in [2.24, 2.45) is 11.8 Å². The number of ketones is 3. The molecule has 9 nitrogen and oxygen atoms in total. The molecule has 0 amide bonds. The molecule has 0 bridgehead atoms. The van der Waals surface area contributed by atoms with E-state index in [1.807, 2.05) is 11.8 Å². The Morgan fingerprint density at radius 2 is 1.86 bits per heavy atom. The first-order valence-electron chi connectivity index (χ1n) is 14.1. The second kappa shape index (κ2) is 10.2. The van der Waals surface area contributed by atoms with Crippen molar-refractivity contribution >= 4 is 17.3 Å². The summed E-state index contributed by atoms with van der Waals surface area (Å²) in [5.74, 6) is -7.98. The molecule has 0 radical (unpaired) electrons. The lowest BCUT2D eigenvalue weighted by molar-refractivity contribution is -0.148. The van der Waals surface area contributed by atoms with Crippen LogP contribution < -0.4 is 0 Å². The molecule has 42 heavy (non-hydrogen) atoms. The van der Waals surface area contributed by atoms with E-state index in [9.17, 15) is 48.0 Å². The summed E-state index contributed by atoms with van der Waals surface area (Å²) in [5.41, 5.74) is -6.16. The van der Waals surface area contributed by atoms with Gasteiger partial charge in [0.2, 0.25) is 5.78 Å². The zero-order valence-corrected chi connectivity index (χ0v) is 23.9. The number of hydrogen-bond donors (Lipinski definition) is 4. The summed E-state index contributed by atoms with van der Waals surface area (Å²) in [7, 11) is 3.03. The third-order valence-corrected chi connectivity index (χ3v) is 9.54. The Morgan fingerprint density at radius 1 is 1.19 bits per heavy atom. The summed E-state index contributed by atoms with van der Waals surface area (Å²) in [4.78, 5) is 42.9. The van der Waals surface area contributed by atoms with Gasteiger partial charge in [-0.3, -0.25) is 24.2 Å². The molecule has 12 heteroatoms. The van der Waals surface area contributed by atoms with Gasteiger partial charge >= 0.3 is 6.18 Å². The van der Waals surface area contributed by atoms with E-state index in [2.05, 4.69) is 0 Å². The Balaban J connectivity index is 1.69. The number of phenols is 1. The molecule has 5 atom stereocenters. The largest absolute Gasteiger partial charge is 0.510 e. The molecule has 1 aromatic carbocycles. The van der Waals surface area contributed by atoms with E-state index in [1.165, 1.54) is 19.0 Å². The lowest BCUT2D eigenvalue weighted by Gasteiger charge is -2.50. The molecule has 1 aliphatic heterocycles. The standard InChI is InChI=1S/C30H35F3N2O7/c1-5-16-7-6-8-35(16)12-15-11-19(37)22-17(23(15)30(31,32)33)9-14-10-18-24(34(3)4)26(39)20(13(2)36)27(40)29(18,42)28(41)21(14)25(22)38/h11,14,16,18,24,37,39,41-42H,5-10,12H2,1-4H3/t14-,16?,18-,24-,29+/m0/s1. The number of rotatable bonds is 5. The van der Waals surface area contributed by atoms with Crippen molar-refractivity contribution in [3.05, 3.63) is 51.0 Å². The number of carbonyl (C=O) groups excluding carboxylic acids is 3. The Labute approximate surface area is 240 Å². The van der Waals surface area contributed by atoms with Gasteiger partial charge in [0.1, 0.15) is 22.8 Å². The van der Waals surface area contributed by atoms with Crippen LogP contribution in [-0.2, 0) is 28.7 Å². The molecular formula is C30H35F3N2O7. The van der Waals surface area contributed by atoms with Gasteiger partial charge in [0.05, 0.1) is 17.2 Å². The van der Waals surface area contributed by atoms with Gasteiger partial charge in [-0.1, -0.05) is 6.92 Å². The molecule has 0 saturated carbocycles. The van der Waals surface area contributed by atoms with Gasteiger partial charge in [0.15, 0.2) is 17.2 Å². The number of alkyl halides is 3. The van der Waals surface area contributed by atoms with Crippen LogP contribution in [0.15, 0.2) is 28.7 Å². The summed E-state index contributed by atoms with van der Waals surface area (Å²) in [6.07, 6.45) is -3.07. The van der Waals surface area contributed by atoms with Gasteiger partial charge < -0.3 is 20.4 Å². The molecule has 4 aliphatic rings. The lowest BCUT2D eigenvalue weighted by Crippen LogP contribution is -2.63. The van der Waals surface area contributed by atoms with E-state index < -0.39 is 98.5 Å². The Kier molecular flexibility index (Phi) is 7.35. The quantitative estimate of drug-likeness (QED) is 0.378. The van der Waals surface area contributed by atoms with Crippen LogP contribution in [0.3, 0.4) is 0 Å². The van der Waals surface area contributed by atoms with E-state index in [1.54, 1.807) is 0 Å². The number of carbonyl (C=O) groups is 3. The molecule has 4 N–H and O–H groups in total. The number of nitrogens with zero attached hydrogens (tertiary/aromatic N) is 2. The molecule has 0 aromatic heterocycles. The maximum atomic E-state index is 14.7. The van der Waals surface area contributed by atoms with Crippen LogP contribution in [0.4, 0.5) is 13.2 Å². The highest BCUT2D eigenvalue weighted by Crippen LogP contribution is 2.54. The molecule has 1 aromatic rings. The number of fused-ring (bicyclic) bond motifs is 3. The SMILES string of the molecule is CCC1CCCN1Cc1cc(O)c2c(c1C(F)(F)F)C[C@H]1C[C@H]3[C@H](N(C)C)C(O)=C(C(C)=O)C(=O)[C@@]3(O)C(O)=C1C2=O. The highest BCUT2D eigenvalue weighted by molar-refractivity contribution is 6.25. The number of likely N-dealkylation sites (tertiary alicyclic amines) is 1. The van der Waals surface area contributed by atoms with E-state index in [-0.39, 0.29) is 24.6 Å².